The van der Waals surface area contributed by atoms with Gasteiger partial charge in [-0.25, -0.2) is 13.8 Å². The van der Waals surface area contributed by atoms with Crippen LogP contribution in [0.25, 0.3) is 11.4 Å². The molecule has 1 N–H and O–H groups in total. The number of aromatic nitrogens is 2. The van der Waals surface area contributed by atoms with Crippen molar-refractivity contribution in [2.24, 2.45) is 7.05 Å². The van der Waals surface area contributed by atoms with Gasteiger partial charge in [-0.2, -0.15) is 0 Å². The first-order chi connectivity index (χ1) is 8.90. The molecule has 0 saturated heterocycles. The summed E-state index contributed by atoms with van der Waals surface area (Å²) in [5, 5.41) is 8.78. The first-order valence-corrected chi connectivity index (χ1v) is 5.59. The predicted octanol–water partition coefficient (Wildman–Crippen LogP) is 2.30. The summed E-state index contributed by atoms with van der Waals surface area (Å²) < 4.78 is 27.8. The summed E-state index contributed by atoms with van der Waals surface area (Å²) in [4.78, 5) is 14.9. The number of hydrogen-bond donors (Lipinski definition) is 1. The number of aliphatic carboxylic acids is 1. The molecule has 0 unspecified atom stereocenters. The number of rotatable bonds is 3. The minimum absolute atomic E-state index is 0.205. The third kappa shape index (κ3) is 2.47. The van der Waals surface area contributed by atoms with Crippen LogP contribution in [-0.2, 0) is 18.3 Å². The second-order valence-electron chi connectivity index (χ2n) is 4.23. The Morgan fingerprint density at radius 1 is 1.37 bits per heavy atom. The highest BCUT2D eigenvalue weighted by atomic mass is 19.2. The summed E-state index contributed by atoms with van der Waals surface area (Å²) >= 11 is 0. The van der Waals surface area contributed by atoms with E-state index >= 15 is 0 Å². The number of halogens is 2. The molecule has 1 aromatic carbocycles. The molecule has 6 heteroatoms. The Morgan fingerprint density at radius 2 is 2.05 bits per heavy atom. The molecule has 0 radical (unpaired) electrons. The van der Waals surface area contributed by atoms with Gasteiger partial charge in [0, 0.05) is 18.3 Å². The zero-order valence-electron chi connectivity index (χ0n) is 10.4. The van der Waals surface area contributed by atoms with Crippen LogP contribution in [0.3, 0.4) is 0 Å². The van der Waals surface area contributed by atoms with Gasteiger partial charge in [0.2, 0.25) is 0 Å². The Balaban J connectivity index is 2.50. The molecule has 4 nitrogen and oxygen atoms in total. The van der Waals surface area contributed by atoms with Crippen molar-refractivity contribution >= 4 is 5.97 Å². The van der Waals surface area contributed by atoms with Crippen molar-refractivity contribution in [3.8, 4) is 11.4 Å². The SMILES string of the molecule is Cc1c(CC(=O)O)nc(-c2ccc(F)c(F)c2)n1C. The fourth-order valence-corrected chi connectivity index (χ4v) is 1.84. The van der Waals surface area contributed by atoms with Crippen LogP contribution in [-0.4, -0.2) is 20.6 Å². The highest BCUT2D eigenvalue weighted by molar-refractivity contribution is 5.70. The molecule has 19 heavy (non-hydrogen) atoms. The fraction of sp³-hybridized carbons (Fsp3) is 0.231. The number of imidazole rings is 1. The van der Waals surface area contributed by atoms with E-state index in [0.29, 0.717) is 22.8 Å². The third-order valence-electron chi connectivity index (χ3n) is 2.98. The van der Waals surface area contributed by atoms with E-state index in [1.54, 1.807) is 18.5 Å². The molecule has 0 fully saturated rings. The summed E-state index contributed by atoms with van der Waals surface area (Å²) in [6, 6.07) is 3.47. The van der Waals surface area contributed by atoms with Crippen LogP contribution in [0.1, 0.15) is 11.4 Å². The molecule has 0 aliphatic carbocycles. The van der Waals surface area contributed by atoms with Crippen molar-refractivity contribution in [1.29, 1.82) is 0 Å². The van der Waals surface area contributed by atoms with E-state index in [9.17, 15) is 13.6 Å². The smallest absolute Gasteiger partial charge is 0.309 e. The van der Waals surface area contributed by atoms with Gasteiger partial charge >= 0.3 is 5.97 Å². The lowest BCUT2D eigenvalue weighted by Gasteiger charge is -2.03. The standard InChI is InChI=1S/C13H12F2N2O2/c1-7-11(6-12(18)19)16-13(17(7)2)8-3-4-9(14)10(15)5-8/h3-5H,6H2,1-2H3,(H,18,19). The first-order valence-electron chi connectivity index (χ1n) is 5.59. The van der Waals surface area contributed by atoms with Gasteiger partial charge in [-0.05, 0) is 25.1 Å². The molecule has 100 valence electrons. The van der Waals surface area contributed by atoms with Crippen LogP contribution in [0.5, 0.6) is 0 Å². The Hall–Kier alpha value is -2.24. The second kappa shape index (κ2) is 4.79. The lowest BCUT2D eigenvalue weighted by atomic mass is 10.2. The molecule has 2 rings (SSSR count). The number of hydrogen-bond acceptors (Lipinski definition) is 2. The lowest BCUT2D eigenvalue weighted by molar-refractivity contribution is -0.136. The molecule has 0 aliphatic heterocycles. The van der Waals surface area contributed by atoms with Gasteiger partial charge < -0.3 is 9.67 Å². The Labute approximate surface area is 108 Å². The Kier molecular flexibility index (Phi) is 3.33. The van der Waals surface area contributed by atoms with Gasteiger partial charge in [-0.15, -0.1) is 0 Å². The van der Waals surface area contributed by atoms with E-state index < -0.39 is 17.6 Å². The van der Waals surface area contributed by atoms with Gasteiger partial charge in [0.25, 0.3) is 0 Å². The van der Waals surface area contributed by atoms with Crippen molar-refractivity contribution in [1.82, 2.24) is 9.55 Å². The highest BCUT2D eigenvalue weighted by Gasteiger charge is 2.16. The van der Waals surface area contributed by atoms with Crippen LogP contribution in [0.15, 0.2) is 18.2 Å². The normalized spacial score (nSPS) is 10.7. The topological polar surface area (TPSA) is 55.1 Å². The van der Waals surface area contributed by atoms with E-state index in [-0.39, 0.29) is 6.42 Å². The molecule has 0 aliphatic rings. The maximum atomic E-state index is 13.2. The van der Waals surface area contributed by atoms with Gasteiger partial charge in [0.1, 0.15) is 5.82 Å². The average Bonchev–Trinajstić information content (AvgIpc) is 2.60. The van der Waals surface area contributed by atoms with E-state index in [1.165, 1.54) is 6.07 Å². The Bertz CT molecular complexity index is 650. The van der Waals surface area contributed by atoms with Crippen LogP contribution in [0, 0.1) is 18.6 Å². The minimum Gasteiger partial charge on any atom is -0.481 e. The van der Waals surface area contributed by atoms with Gasteiger partial charge in [-0.1, -0.05) is 0 Å². The first kappa shape index (κ1) is 13.2. The summed E-state index contributed by atoms with van der Waals surface area (Å²) in [5.41, 5.74) is 1.50. The molecule has 0 atom stereocenters. The van der Waals surface area contributed by atoms with E-state index in [4.69, 9.17) is 5.11 Å². The highest BCUT2D eigenvalue weighted by Crippen LogP contribution is 2.23. The van der Waals surface area contributed by atoms with Crippen LogP contribution >= 0.6 is 0 Å². The Morgan fingerprint density at radius 3 is 2.63 bits per heavy atom. The largest absolute Gasteiger partial charge is 0.481 e. The molecule has 2 aromatic rings. The average molecular weight is 266 g/mol. The molecule has 0 spiro atoms. The molecule has 0 amide bonds. The number of carboxylic acid groups (broad SMARTS) is 1. The monoisotopic (exact) mass is 266 g/mol. The maximum absolute atomic E-state index is 13.2. The zero-order chi connectivity index (χ0) is 14.2. The number of carbonyl (C=O) groups is 1. The molecule has 0 saturated carbocycles. The summed E-state index contributed by atoms with van der Waals surface area (Å²) in [5.74, 6) is -2.47. The van der Waals surface area contributed by atoms with Crippen molar-refractivity contribution in [3.63, 3.8) is 0 Å². The second-order valence-corrected chi connectivity index (χ2v) is 4.23. The maximum Gasteiger partial charge on any atom is 0.309 e. The van der Waals surface area contributed by atoms with Crippen molar-refractivity contribution in [3.05, 3.63) is 41.2 Å². The van der Waals surface area contributed by atoms with Crippen LogP contribution in [0.2, 0.25) is 0 Å². The fourth-order valence-electron chi connectivity index (χ4n) is 1.84. The van der Waals surface area contributed by atoms with Crippen molar-refractivity contribution in [2.45, 2.75) is 13.3 Å². The molecule has 1 heterocycles. The number of benzene rings is 1. The van der Waals surface area contributed by atoms with Crippen LogP contribution in [0.4, 0.5) is 8.78 Å². The third-order valence-corrected chi connectivity index (χ3v) is 2.98. The summed E-state index contributed by atoms with van der Waals surface area (Å²) in [6.07, 6.45) is -0.205. The van der Waals surface area contributed by atoms with Gasteiger partial charge in [0.15, 0.2) is 11.6 Å². The summed E-state index contributed by atoms with van der Waals surface area (Å²) in [7, 11) is 1.70. The number of carboxylic acids is 1. The van der Waals surface area contributed by atoms with Gasteiger partial charge in [-0.3, -0.25) is 4.79 Å². The van der Waals surface area contributed by atoms with Crippen molar-refractivity contribution in [2.75, 3.05) is 0 Å². The molecule has 0 bridgehead atoms. The van der Waals surface area contributed by atoms with Crippen molar-refractivity contribution < 1.29 is 18.7 Å². The van der Waals surface area contributed by atoms with E-state index in [2.05, 4.69) is 4.98 Å². The molecular formula is C13H12F2N2O2. The number of nitrogens with zero attached hydrogens (tertiary/aromatic N) is 2. The van der Waals surface area contributed by atoms with Crippen LogP contribution < -0.4 is 0 Å². The molecule has 1 aromatic heterocycles. The minimum atomic E-state index is -0.988. The van der Waals surface area contributed by atoms with E-state index in [1.807, 2.05) is 0 Å². The predicted molar refractivity (Wildman–Crippen MR) is 64.6 cm³/mol. The quantitative estimate of drug-likeness (QED) is 0.927. The summed E-state index contributed by atoms with van der Waals surface area (Å²) in [6.45, 7) is 1.73. The zero-order valence-corrected chi connectivity index (χ0v) is 10.4. The van der Waals surface area contributed by atoms with E-state index in [0.717, 1.165) is 12.1 Å². The lowest BCUT2D eigenvalue weighted by Crippen LogP contribution is -2.02. The van der Waals surface area contributed by atoms with Gasteiger partial charge in [0.05, 0.1) is 12.1 Å². The molecular weight excluding hydrogens is 254 g/mol.